The summed E-state index contributed by atoms with van der Waals surface area (Å²) in [4.78, 5) is 0. The molecule has 0 aromatic heterocycles. The molecule has 3 heteroatoms. The smallest absolute Gasteiger partial charge is 0.138 e. The Morgan fingerprint density at radius 3 is 2.93 bits per heavy atom. The van der Waals surface area contributed by atoms with Gasteiger partial charge in [0.25, 0.3) is 0 Å². The van der Waals surface area contributed by atoms with E-state index in [0.29, 0.717) is 0 Å². The van der Waals surface area contributed by atoms with Crippen molar-refractivity contribution in [3.63, 3.8) is 0 Å². The van der Waals surface area contributed by atoms with Crippen molar-refractivity contribution in [1.29, 1.82) is 0 Å². The molecule has 0 aliphatic carbocycles. The van der Waals surface area contributed by atoms with E-state index < -0.39 is 0 Å². The Morgan fingerprint density at radius 1 is 1.50 bits per heavy atom. The zero-order valence-electron chi connectivity index (χ0n) is 8.16. The highest BCUT2D eigenvalue weighted by Gasteiger charge is 2.31. The molecule has 0 saturated carbocycles. The maximum atomic E-state index is 6.10. The molecule has 2 atom stereocenters. The van der Waals surface area contributed by atoms with Crippen molar-refractivity contribution in [3.05, 3.63) is 28.2 Å². The van der Waals surface area contributed by atoms with Gasteiger partial charge < -0.3 is 10.5 Å². The van der Waals surface area contributed by atoms with Crippen molar-refractivity contribution < 1.29 is 4.74 Å². The predicted molar refractivity (Wildman–Crippen MR) is 60.4 cm³/mol. The molecule has 1 aromatic rings. The van der Waals surface area contributed by atoms with Crippen molar-refractivity contribution >= 4 is 15.9 Å². The Bertz CT molecular complexity index is 340. The number of ether oxygens (including phenoxy) is 1. The number of rotatable bonds is 2. The molecule has 0 bridgehead atoms. The highest BCUT2D eigenvalue weighted by Crippen LogP contribution is 2.41. The quantitative estimate of drug-likeness (QED) is 0.882. The van der Waals surface area contributed by atoms with Crippen LogP contribution in [-0.4, -0.2) is 6.10 Å². The topological polar surface area (TPSA) is 35.2 Å². The molecule has 2 N–H and O–H groups in total. The van der Waals surface area contributed by atoms with Crippen molar-refractivity contribution in [2.24, 2.45) is 5.73 Å². The number of benzene rings is 1. The van der Waals surface area contributed by atoms with E-state index in [-0.39, 0.29) is 12.1 Å². The first-order chi connectivity index (χ1) is 6.74. The summed E-state index contributed by atoms with van der Waals surface area (Å²) in [6, 6.07) is 6.06. The SMILES string of the molecule is CCCC1Oc2c(Br)cccc2C1N. The molecule has 1 aromatic carbocycles. The third kappa shape index (κ3) is 1.55. The van der Waals surface area contributed by atoms with Crippen LogP contribution in [0.3, 0.4) is 0 Å². The van der Waals surface area contributed by atoms with Gasteiger partial charge in [-0.15, -0.1) is 0 Å². The zero-order chi connectivity index (χ0) is 10.1. The van der Waals surface area contributed by atoms with E-state index in [1.54, 1.807) is 0 Å². The van der Waals surface area contributed by atoms with Gasteiger partial charge >= 0.3 is 0 Å². The van der Waals surface area contributed by atoms with Gasteiger partial charge in [0, 0.05) is 5.56 Å². The molecule has 1 aliphatic heterocycles. The molecule has 76 valence electrons. The van der Waals surface area contributed by atoms with Crippen LogP contribution in [0.25, 0.3) is 0 Å². The largest absolute Gasteiger partial charge is 0.487 e. The van der Waals surface area contributed by atoms with Gasteiger partial charge in [0.1, 0.15) is 11.9 Å². The van der Waals surface area contributed by atoms with Crippen LogP contribution in [0.4, 0.5) is 0 Å². The number of halogens is 1. The van der Waals surface area contributed by atoms with E-state index in [1.807, 2.05) is 18.2 Å². The average molecular weight is 256 g/mol. The highest BCUT2D eigenvalue weighted by atomic mass is 79.9. The summed E-state index contributed by atoms with van der Waals surface area (Å²) in [5, 5.41) is 0. The number of hydrogen-bond acceptors (Lipinski definition) is 2. The minimum Gasteiger partial charge on any atom is -0.487 e. The summed E-state index contributed by atoms with van der Waals surface area (Å²) in [6.45, 7) is 2.15. The third-order valence-electron chi connectivity index (χ3n) is 2.60. The normalized spacial score (nSPS) is 24.5. The van der Waals surface area contributed by atoms with Crippen LogP contribution in [0, 0.1) is 0 Å². The van der Waals surface area contributed by atoms with Crippen LogP contribution in [0.2, 0.25) is 0 Å². The van der Waals surface area contributed by atoms with Crippen molar-refractivity contribution in [1.82, 2.24) is 0 Å². The second-order valence-corrected chi connectivity index (χ2v) is 4.48. The molecule has 0 amide bonds. The van der Waals surface area contributed by atoms with Crippen molar-refractivity contribution in [2.75, 3.05) is 0 Å². The van der Waals surface area contributed by atoms with E-state index in [4.69, 9.17) is 10.5 Å². The fourth-order valence-corrected chi connectivity index (χ4v) is 2.34. The molecule has 0 saturated heterocycles. The summed E-state index contributed by atoms with van der Waals surface area (Å²) in [7, 11) is 0. The second kappa shape index (κ2) is 3.91. The molecule has 2 unspecified atom stereocenters. The Kier molecular flexibility index (Phi) is 2.79. The van der Waals surface area contributed by atoms with Gasteiger partial charge in [0.15, 0.2) is 0 Å². The molecule has 2 nitrogen and oxygen atoms in total. The molecular formula is C11H14BrNO. The first kappa shape index (κ1) is 9.99. The van der Waals surface area contributed by atoms with Crippen LogP contribution >= 0.6 is 15.9 Å². The molecule has 2 rings (SSSR count). The minimum absolute atomic E-state index is 0.0300. The number of para-hydroxylation sites is 1. The maximum absolute atomic E-state index is 6.10. The first-order valence-electron chi connectivity index (χ1n) is 4.94. The summed E-state index contributed by atoms with van der Waals surface area (Å²) in [5.74, 6) is 0.929. The lowest BCUT2D eigenvalue weighted by Gasteiger charge is -2.13. The summed E-state index contributed by atoms with van der Waals surface area (Å²) < 4.78 is 6.82. The van der Waals surface area contributed by atoms with Gasteiger partial charge in [0.2, 0.25) is 0 Å². The Labute approximate surface area is 92.6 Å². The van der Waals surface area contributed by atoms with Crippen LogP contribution < -0.4 is 10.5 Å². The van der Waals surface area contributed by atoms with Gasteiger partial charge in [-0.05, 0) is 28.4 Å². The van der Waals surface area contributed by atoms with Crippen LogP contribution in [0.1, 0.15) is 31.4 Å². The van der Waals surface area contributed by atoms with E-state index in [9.17, 15) is 0 Å². The number of hydrogen-bond donors (Lipinski definition) is 1. The standard InChI is InChI=1S/C11H14BrNO/c1-2-4-9-10(13)7-5-3-6-8(12)11(7)14-9/h3,5-6,9-10H,2,4,13H2,1H3. The lowest BCUT2D eigenvalue weighted by atomic mass is 10.0. The Balaban J connectivity index is 2.30. The fraction of sp³-hybridized carbons (Fsp3) is 0.455. The Morgan fingerprint density at radius 2 is 2.29 bits per heavy atom. The molecule has 14 heavy (non-hydrogen) atoms. The first-order valence-corrected chi connectivity index (χ1v) is 5.74. The van der Waals surface area contributed by atoms with Gasteiger partial charge in [-0.1, -0.05) is 25.5 Å². The van der Waals surface area contributed by atoms with Crippen LogP contribution in [-0.2, 0) is 0 Å². The third-order valence-corrected chi connectivity index (χ3v) is 3.22. The summed E-state index contributed by atoms with van der Waals surface area (Å²) >= 11 is 3.47. The van der Waals surface area contributed by atoms with E-state index >= 15 is 0 Å². The van der Waals surface area contributed by atoms with E-state index in [0.717, 1.165) is 28.6 Å². The van der Waals surface area contributed by atoms with Crippen LogP contribution in [0.15, 0.2) is 22.7 Å². The van der Waals surface area contributed by atoms with E-state index in [1.165, 1.54) is 0 Å². The highest BCUT2D eigenvalue weighted by molar-refractivity contribution is 9.10. The summed E-state index contributed by atoms with van der Waals surface area (Å²) in [5.41, 5.74) is 7.22. The molecular weight excluding hydrogens is 242 g/mol. The molecule has 0 fully saturated rings. The fourth-order valence-electron chi connectivity index (χ4n) is 1.86. The van der Waals surface area contributed by atoms with Gasteiger partial charge in [-0.2, -0.15) is 0 Å². The van der Waals surface area contributed by atoms with Crippen molar-refractivity contribution in [2.45, 2.75) is 31.9 Å². The maximum Gasteiger partial charge on any atom is 0.138 e. The van der Waals surface area contributed by atoms with Gasteiger partial charge in [-0.25, -0.2) is 0 Å². The lowest BCUT2D eigenvalue weighted by Crippen LogP contribution is -2.24. The zero-order valence-corrected chi connectivity index (χ0v) is 9.75. The van der Waals surface area contributed by atoms with Gasteiger partial charge in [0.05, 0.1) is 10.5 Å². The number of fused-ring (bicyclic) bond motifs is 1. The number of nitrogens with two attached hydrogens (primary N) is 1. The van der Waals surface area contributed by atoms with Crippen LogP contribution in [0.5, 0.6) is 5.75 Å². The summed E-state index contributed by atoms with van der Waals surface area (Å²) in [6.07, 6.45) is 2.26. The predicted octanol–water partition coefficient (Wildman–Crippen LogP) is 3.01. The minimum atomic E-state index is 0.0300. The molecule has 0 spiro atoms. The molecule has 0 radical (unpaired) electrons. The van der Waals surface area contributed by atoms with Crippen molar-refractivity contribution in [3.8, 4) is 5.75 Å². The average Bonchev–Trinajstić information content (AvgIpc) is 2.48. The molecule has 1 heterocycles. The monoisotopic (exact) mass is 255 g/mol. The lowest BCUT2D eigenvalue weighted by molar-refractivity contribution is 0.194. The van der Waals surface area contributed by atoms with E-state index in [2.05, 4.69) is 22.9 Å². The second-order valence-electron chi connectivity index (χ2n) is 3.63. The molecule has 1 aliphatic rings. The Hall–Kier alpha value is -0.540. The van der Waals surface area contributed by atoms with Gasteiger partial charge in [-0.3, -0.25) is 0 Å².